The molecule has 0 saturated carbocycles. The lowest BCUT2D eigenvalue weighted by atomic mass is 10.2. The van der Waals surface area contributed by atoms with Gasteiger partial charge in [-0.25, -0.2) is 9.29 Å². The van der Waals surface area contributed by atoms with Crippen LogP contribution < -0.4 is 0 Å². The molecule has 61 valence electrons. The molecule has 1 unspecified atom stereocenters. The molecule has 10 heavy (non-hydrogen) atoms. The molecule has 0 spiro atoms. The molecular formula is C5H11O4S. The van der Waals surface area contributed by atoms with E-state index in [0.717, 1.165) is 6.26 Å². The van der Waals surface area contributed by atoms with Gasteiger partial charge in [0.25, 0.3) is 10.1 Å². The van der Waals surface area contributed by atoms with E-state index < -0.39 is 16.4 Å². The van der Waals surface area contributed by atoms with Crippen LogP contribution in [0.5, 0.6) is 0 Å². The fourth-order valence-electron chi connectivity index (χ4n) is 0.283. The molecule has 0 N–H and O–H groups in total. The van der Waals surface area contributed by atoms with E-state index in [2.05, 4.69) is 4.18 Å². The van der Waals surface area contributed by atoms with Crippen LogP contribution in [-0.4, -0.2) is 21.0 Å². The fourth-order valence-corrected chi connectivity index (χ4v) is 0.850. The molecule has 0 bridgehead atoms. The molecule has 0 aromatic heterocycles. The van der Waals surface area contributed by atoms with E-state index in [0.29, 0.717) is 0 Å². The lowest BCUT2D eigenvalue weighted by molar-refractivity contribution is -0.0963. The van der Waals surface area contributed by atoms with E-state index in [1.165, 1.54) is 0 Å². The van der Waals surface area contributed by atoms with Crippen LogP contribution in [0.3, 0.4) is 0 Å². The van der Waals surface area contributed by atoms with Gasteiger partial charge in [0, 0.05) is 5.92 Å². The number of hydrogen-bond donors (Lipinski definition) is 0. The first-order chi connectivity index (χ1) is 4.33. The second-order valence-electron chi connectivity index (χ2n) is 2.41. The molecule has 4 nitrogen and oxygen atoms in total. The van der Waals surface area contributed by atoms with Crippen molar-refractivity contribution in [2.24, 2.45) is 5.92 Å². The average molecular weight is 167 g/mol. The Morgan fingerprint density at radius 2 is 1.70 bits per heavy atom. The molecule has 0 heterocycles. The summed E-state index contributed by atoms with van der Waals surface area (Å²) in [5.74, 6) is -0.324. The van der Waals surface area contributed by atoms with Gasteiger partial charge in [-0.05, 0) is 0 Å². The van der Waals surface area contributed by atoms with Crippen molar-refractivity contribution in [3.8, 4) is 0 Å². The molecule has 1 radical (unpaired) electrons. The summed E-state index contributed by atoms with van der Waals surface area (Å²) < 4.78 is 24.8. The summed E-state index contributed by atoms with van der Waals surface area (Å²) in [6.45, 7) is 3.20. The van der Waals surface area contributed by atoms with Gasteiger partial charge in [0.2, 0.25) is 6.29 Å². The highest BCUT2D eigenvalue weighted by Crippen LogP contribution is 2.05. The van der Waals surface area contributed by atoms with Gasteiger partial charge in [-0.1, -0.05) is 13.8 Å². The van der Waals surface area contributed by atoms with Crippen LogP contribution in [-0.2, 0) is 19.4 Å². The minimum absolute atomic E-state index is 0.324. The smallest absolute Gasteiger partial charge is 0.235 e. The summed E-state index contributed by atoms with van der Waals surface area (Å²) in [7, 11) is -3.58. The third-order valence-corrected chi connectivity index (χ3v) is 1.35. The Kier molecular flexibility index (Phi) is 3.27. The number of rotatable bonds is 3. The molecule has 0 aliphatic carbocycles. The van der Waals surface area contributed by atoms with E-state index in [-0.39, 0.29) is 5.92 Å². The maximum Gasteiger partial charge on any atom is 0.266 e. The first kappa shape index (κ1) is 9.87. The van der Waals surface area contributed by atoms with Crippen LogP contribution in [0.25, 0.3) is 0 Å². The molecule has 1 atom stereocenters. The van der Waals surface area contributed by atoms with Gasteiger partial charge >= 0.3 is 0 Å². The van der Waals surface area contributed by atoms with Gasteiger partial charge < -0.3 is 0 Å². The van der Waals surface area contributed by atoms with Crippen molar-refractivity contribution >= 4 is 10.1 Å². The maximum absolute atomic E-state index is 10.6. The van der Waals surface area contributed by atoms with Crippen molar-refractivity contribution in [2.75, 3.05) is 6.26 Å². The second kappa shape index (κ2) is 3.32. The van der Waals surface area contributed by atoms with Crippen molar-refractivity contribution in [3.05, 3.63) is 0 Å². The van der Waals surface area contributed by atoms with Gasteiger partial charge in [-0.15, -0.1) is 0 Å². The van der Waals surface area contributed by atoms with Crippen LogP contribution in [0.4, 0.5) is 0 Å². The zero-order chi connectivity index (χ0) is 8.36. The normalized spacial score (nSPS) is 15.7. The lowest BCUT2D eigenvalue weighted by Crippen LogP contribution is -2.20. The molecule has 0 aliphatic rings. The predicted molar refractivity (Wildman–Crippen MR) is 35.2 cm³/mol. The molecule has 5 heteroatoms. The van der Waals surface area contributed by atoms with Gasteiger partial charge in [0.1, 0.15) is 0 Å². The maximum atomic E-state index is 10.6. The highest BCUT2D eigenvalue weighted by atomic mass is 32.2. The SMILES string of the molecule is CC(C)C([O])OS(C)(=O)=O. The minimum atomic E-state index is -3.58. The van der Waals surface area contributed by atoms with Crippen LogP contribution in [0.2, 0.25) is 0 Å². The van der Waals surface area contributed by atoms with E-state index >= 15 is 0 Å². The Labute approximate surface area is 60.9 Å². The molecule has 0 saturated heterocycles. The Bertz CT molecular complexity index is 182. The monoisotopic (exact) mass is 167 g/mol. The van der Waals surface area contributed by atoms with Crippen molar-refractivity contribution in [2.45, 2.75) is 20.1 Å². The Morgan fingerprint density at radius 1 is 1.30 bits per heavy atom. The zero-order valence-corrected chi connectivity index (χ0v) is 7.01. The van der Waals surface area contributed by atoms with Crippen molar-refractivity contribution in [3.63, 3.8) is 0 Å². The quantitative estimate of drug-likeness (QED) is 0.450. The Balaban J connectivity index is 3.93. The lowest BCUT2D eigenvalue weighted by Gasteiger charge is -2.09. The summed E-state index contributed by atoms with van der Waals surface area (Å²) >= 11 is 0. The van der Waals surface area contributed by atoms with Crippen LogP contribution >= 0.6 is 0 Å². The summed E-state index contributed by atoms with van der Waals surface area (Å²) in [6.07, 6.45) is -0.615. The number of hydrogen-bond acceptors (Lipinski definition) is 3. The molecule has 0 amide bonds. The topological polar surface area (TPSA) is 63.3 Å². The van der Waals surface area contributed by atoms with Gasteiger partial charge in [0.05, 0.1) is 6.26 Å². The molecule has 0 fully saturated rings. The molecule has 0 aliphatic heterocycles. The van der Waals surface area contributed by atoms with Gasteiger partial charge in [0.15, 0.2) is 0 Å². The van der Waals surface area contributed by atoms with E-state index in [9.17, 15) is 13.5 Å². The molecular weight excluding hydrogens is 156 g/mol. The third kappa shape index (κ3) is 4.72. The van der Waals surface area contributed by atoms with Crippen LogP contribution in [0.15, 0.2) is 0 Å². The fraction of sp³-hybridized carbons (Fsp3) is 1.00. The van der Waals surface area contributed by atoms with Gasteiger partial charge in [-0.3, -0.25) is 0 Å². The van der Waals surface area contributed by atoms with E-state index in [1.54, 1.807) is 13.8 Å². The first-order valence-corrected chi connectivity index (χ1v) is 4.68. The Morgan fingerprint density at radius 3 is 1.80 bits per heavy atom. The van der Waals surface area contributed by atoms with Crippen molar-refractivity contribution < 1.29 is 17.7 Å². The van der Waals surface area contributed by atoms with E-state index in [1.807, 2.05) is 0 Å². The van der Waals surface area contributed by atoms with Crippen LogP contribution in [0, 0.1) is 5.92 Å². The highest BCUT2D eigenvalue weighted by molar-refractivity contribution is 7.86. The average Bonchev–Trinajstić information content (AvgIpc) is 1.60. The van der Waals surface area contributed by atoms with Gasteiger partial charge in [-0.2, -0.15) is 8.42 Å². The highest BCUT2D eigenvalue weighted by Gasteiger charge is 2.16. The molecule has 0 rings (SSSR count). The van der Waals surface area contributed by atoms with Crippen molar-refractivity contribution in [1.82, 2.24) is 0 Å². The summed E-state index contributed by atoms with van der Waals surface area (Å²) in [6, 6.07) is 0. The third-order valence-electron chi connectivity index (χ3n) is 0.814. The minimum Gasteiger partial charge on any atom is -0.235 e. The summed E-state index contributed by atoms with van der Waals surface area (Å²) in [4.78, 5) is 0. The van der Waals surface area contributed by atoms with Crippen molar-refractivity contribution in [1.29, 1.82) is 0 Å². The molecule has 0 aromatic carbocycles. The molecule has 0 aromatic rings. The largest absolute Gasteiger partial charge is 0.266 e. The van der Waals surface area contributed by atoms with Crippen LogP contribution in [0.1, 0.15) is 13.8 Å². The Hall–Kier alpha value is -0.130. The predicted octanol–water partition coefficient (Wildman–Crippen LogP) is 0.375. The summed E-state index contributed by atoms with van der Waals surface area (Å²) in [5, 5.41) is 10.6. The van der Waals surface area contributed by atoms with E-state index in [4.69, 9.17) is 0 Å². The standard InChI is InChI=1S/C5H11O4S/c1-4(2)5(6)9-10(3,7)8/h4-5H,1-3H3. The first-order valence-electron chi connectivity index (χ1n) is 2.87. The zero-order valence-electron chi connectivity index (χ0n) is 6.20. The second-order valence-corrected chi connectivity index (χ2v) is 4.01. The summed E-state index contributed by atoms with van der Waals surface area (Å²) in [5.41, 5.74) is 0.